The molecule has 0 saturated carbocycles. The van der Waals surface area contributed by atoms with Gasteiger partial charge in [0.15, 0.2) is 0 Å². The van der Waals surface area contributed by atoms with Crippen LogP contribution < -0.4 is 16.7 Å². The van der Waals surface area contributed by atoms with Crippen LogP contribution in [0.4, 0.5) is 38.0 Å². The fourth-order valence-electron chi connectivity index (χ4n) is 3.16. The normalized spacial score (nSPS) is 12.1. The lowest BCUT2D eigenvalue weighted by atomic mass is 10.1. The first-order chi connectivity index (χ1) is 15.9. The molecule has 182 valence electrons. The molecule has 1 N–H and O–H groups in total. The van der Waals surface area contributed by atoms with Crippen LogP contribution in [0.15, 0.2) is 58.1 Å². The number of halogens is 6. The largest absolute Gasteiger partial charge is 0.416 e. The Bertz CT molecular complexity index is 1260. The number of unbranched alkanes of at least 4 members (excludes halogenated alkanes) is 1. The van der Waals surface area contributed by atoms with E-state index in [0.29, 0.717) is 18.4 Å². The van der Waals surface area contributed by atoms with E-state index in [1.165, 1.54) is 18.2 Å². The average Bonchev–Trinajstić information content (AvgIpc) is 2.75. The summed E-state index contributed by atoms with van der Waals surface area (Å²) in [6, 6.07) is 8.13. The summed E-state index contributed by atoms with van der Waals surface area (Å²) in [5.74, 6) is -0.332. The second kappa shape index (κ2) is 9.74. The summed E-state index contributed by atoms with van der Waals surface area (Å²) in [5, 5.41) is 2.56. The molecule has 0 radical (unpaired) electrons. The maximum absolute atomic E-state index is 13.1. The van der Waals surface area contributed by atoms with E-state index in [-0.39, 0.29) is 24.7 Å². The molecule has 1 aromatic heterocycles. The van der Waals surface area contributed by atoms with Gasteiger partial charge < -0.3 is 5.32 Å². The molecule has 0 aliphatic heterocycles. The van der Waals surface area contributed by atoms with Gasteiger partial charge in [-0.3, -0.25) is 4.57 Å². The third-order valence-electron chi connectivity index (χ3n) is 4.95. The Labute approximate surface area is 189 Å². The van der Waals surface area contributed by atoms with Gasteiger partial charge in [0.05, 0.1) is 17.7 Å². The molecule has 0 fully saturated rings. The molecule has 0 aliphatic carbocycles. The lowest BCUT2D eigenvalue weighted by molar-refractivity contribution is -0.138. The summed E-state index contributed by atoms with van der Waals surface area (Å²) >= 11 is 0. The second-order valence-corrected chi connectivity index (χ2v) is 7.49. The minimum atomic E-state index is -4.62. The molecule has 0 atom stereocenters. The highest BCUT2D eigenvalue weighted by atomic mass is 19.4. The van der Waals surface area contributed by atoms with E-state index in [0.717, 1.165) is 39.5 Å². The van der Waals surface area contributed by atoms with Crippen molar-refractivity contribution in [2.24, 2.45) is 0 Å². The van der Waals surface area contributed by atoms with Gasteiger partial charge in [0.2, 0.25) is 5.95 Å². The monoisotopic (exact) mass is 486 g/mol. The average molecular weight is 486 g/mol. The van der Waals surface area contributed by atoms with Gasteiger partial charge in [0, 0.05) is 12.2 Å². The fourth-order valence-corrected chi connectivity index (χ4v) is 3.16. The van der Waals surface area contributed by atoms with Gasteiger partial charge in [-0.25, -0.2) is 14.2 Å². The van der Waals surface area contributed by atoms with Gasteiger partial charge in [0.1, 0.15) is 0 Å². The van der Waals surface area contributed by atoms with Crippen molar-refractivity contribution in [2.45, 2.75) is 45.2 Å². The van der Waals surface area contributed by atoms with Crippen LogP contribution in [0.25, 0.3) is 0 Å². The smallest absolute Gasteiger partial charge is 0.325 e. The summed E-state index contributed by atoms with van der Waals surface area (Å²) < 4.78 is 79.6. The number of nitrogens with zero attached hydrogens (tertiary/aromatic N) is 3. The molecule has 3 rings (SSSR count). The van der Waals surface area contributed by atoms with Gasteiger partial charge in [0.25, 0.3) is 0 Å². The molecule has 0 amide bonds. The fraction of sp³-hybridized carbons (Fsp3) is 0.318. The number of rotatable bonds is 7. The Morgan fingerprint density at radius 1 is 0.882 bits per heavy atom. The number of aromatic nitrogens is 3. The Balaban J connectivity index is 2.05. The maximum Gasteiger partial charge on any atom is 0.416 e. The minimum Gasteiger partial charge on any atom is -0.325 e. The maximum atomic E-state index is 13.1. The summed E-state index contributed by atoms with van der Waals surface area (Å²) in [6.07, 6.45) is -7.98. The first-order valence-corrected chi connectivity index (χ1v) is 10.2. The molecule has 12 heteroatoms. The van der Waals surface area contributed by atoms with Crippen molar-refractivity contribution in [3.63, 3.8) is 0 Å². The van der Waals surface area contributed by atoms with E-state index < -0.39 is 34.9 Å². The molecule has 0 aliphatic rings. The summed E-state index contributed by atoms with van der Waals surface area (Å²) in [4.78, 5) is 29.3. The van der Waals surface area contributed by atoms with Crippen molar-refractivity contribution in [3.8, 4) is 0 Å². The van der Waals surface area contributed by atoms with E-state index >= 15 is 0 Å². The lowest BCUT2D eigenvalue weighted by Gasteiger charge is -2.16. The van der Waals surface area contributed by atoms with Crippen LogP contribution in [0.3, 0.4) is 0 Å². The predicted octanol–water partition coefficient (Wildman–Crippen LogP) is 5.03. The zero-order chi connectivity index (χ0) is 25.1. The van der Waals surface area contributed by atoms with Crippen molar-refractivity contribution in [1.82, 2.24) is 14.1 Å². The number of nitrogens with one attached hydrogen (secondary N) is 1. The summed E-state index contributed by atoms with van der Waals surface area (Å²) in [7, 11) is 0. The van der Waals surface area contributed by atoms with Crippen LogP contribution >= 0.6 is 0 Å². The number of hydrogen-bond acceptors (Lipinski definition) is 4. The van der Waals surface area contributed by atoms with Crippen LogP contribution in [0.2, 0.25) is 0 Å². The molecule has 0 unspecified atom stereocenters. The molecule has 0 spiro atoms. The Hall–Kier alpha value is -3.57. The number of benzene rings is 2. The molecule has 1 heterocycles. The van der Waals surface area contributed by atoms with Crippen LogP contribution in [-0.2, 0) is 25.4 Å². The van der Waals surface area contributed by atoms with Gasteiger partial charge in [-0.2, -0.15) is 31.3 Å². The van der Waals surface area contributed by atoms with Gasteiger partial charge >= 0.3 is 23.7 Å². The summed E-state index contributed by atoms with van der Waals surface area (Å²) in [6.45, 7) is 1.65. The van der Waals surface area contributed by atoms with Gasteiger partial charge in [-0.05, 0) is 42.3 Å². The van der Waals surface area contributed by atoms with Crippen LogP contribution in [-0.4, -0.2) is 14.1 Å². The first kappa shape index (κ1) is 25.1. The van der Waals surface area contributed by atoms with E-state index in [9.17, 15) is 35.9 Å². The molecule has 34 heavy (non-hydrogen) atoms. The standard InChI is InChI=1S/C22H20F6N4O2/c1-2-3-11-31-19(33)30-18(29-17-6-4-5-16(12-17)22(26,27)28)32(20(31)34)13-14-7-9-15(10-8-14)21(23,24)25/h4-10,12H,2-3,11,13H2,1H3,(H,29,30,33). The van der Waals surface area contributed by atoms with E-state index in [4.69, 9.17) is 0 Å². The number of hydrogen-bond donors (Lipinski definition) is 1. The second-order valence-electron chi connectivity index (χ2n) is 7.49. The first-order valence-electron chi connectivity index (χ1n) is 10.2. The molecular weight excluding hydrogens is 466 g/mol. The molecule has 0 saturated heterocycles. The third-order valence-corrected chi connectivity index (χ3v) is 4.95. The van der Waals surface area contributed by atoms with Crippen LogP contribution in [0.1, 0.15) is 36.5 Å². The van der Waals surface area contributed by atoms with Gasteiger partial charge in [-0.1, -0.05) is 31.5 Å². The molecule has 3 aromatic rings. The molecular formula is C22H20F6N4O2. The van der Waals surface area contributed by atoms with Crippen molar-refractivity contribution >= 4 is 11.6 Å². The van der Waals surface area contributed by atoms with Crippen molar-refractivity contribution in [1.29, 1.82) is 0 Å². The highest BCUT2D eigenvalue weighted by molar-refractivity contribution is 5.55. The summed E-state index contributed by atoms with van der Waals surface area (Å²) in [5.41, 5.74) is -3.29. The quantitative estimate of drug-likeness (QED) is 0.476. The van der Waals surface area contributed by atoms with Crippen LogP contribution in [0.5, 0.6) is 0 Å². The van der Waals surface area contributed by atoms with Crippen molar-refractivity contribution in [2.75, 3.05) is 5.32 Å². The SMILES string of the molecule is CCCCn1c(=O)nc(Nc2cccc(C(F)(F)F)c2)n(Cc2ccc(C(F)(F)F)cc2)c1=O. The third kappa shape index (κ3) is 5.86. The lowest BCUT2D eigenvalue weighted by Crippen LogP contribution is -2.42. The Morgan fingerprint density at radius 2 is 1.53 bits per heavy atom. The zero-order valence-electron chi connectivity index (χ0n) is 17.9. The Morgan fingerprint density at radius 3 is 2.12 bits per heavy atom. The van der Waals surface area contributed by atoms with Gasteiger partial charge in [-0.15, -0.1) is 0 Å². The highest BCUT2D eigenvalue weighted by Gasteiger charge is 2.31. The van der Waals surface area contributed by atoms with E-state index in [1.54, 1.807) is 0 Å². The molecule has 6 nitrogen and oxygen atoms in total. The van der Waals surface area contributed by atoms with E-state index in [1.807, 2.05) is 6.92 Å². The van der Waals surface area contributed by atoms with E-state index in [2.05, 4.69) is 10.3 Å². The molecule has 0 bridgehead atoms. The van der Waals surface area contributed by atoms with Crippen molar-refractivity contribution in [3.05, 3.63) is 86.2 Å². The number of anilines is 2. The molecule has 2 aromatic carbocycles. The predicted molar refractivity (Wildman–Crippen MR) is 113 cm³/mol. The van der Waals surface area contributed by atoms with Crippen LogP contribution in [0, 0.1) is 0 Å². The number of alkyl halides is 6. The zero-order valence-corrected chi connectivity index (χ0v) is 17.9. The Kier molecular flexibility index (Phi) is 7.18. The minimum absolute atomic E-state index is 0.0675. The topological polar surface area (TPSA) is 68.9 Å². The van der Waals surface area contributed by atoms with Crippen molar-refractivity contribution < 1.29 is 26.3 Å². The highest BCUT2D eigenvalue weighted by Crippen LogP contribution is 2.31.